The van der Waals surface area contributed by atoms with Gasteiger partial charge in [0.25, 0.3) is 0 Å². The van der Waals surface area contributed by atoms with Crippen LogP contribution < -0.4 is 4.74 Å². The third-order valence-corrected chi connectivity index (χ3v) is 3.21. The molecule has 0 aliphatic carbocycles. The SMILES string of the molecule is COCCOCCCOc1cc(CCl)cc(C(C)(C)C)n1. The molecule has 21 heavy (non-hydrogen) atoms. The van der Waals surface area contributed by atoms with Crippen LogP contribution in [-0.2, 0) is 20.8 Å². The van der Waals surface area contributed by atoms with Crippen molar-refractivity contribution >= 4 is 11.6 Å². The lowest BCUT2D eigenvalue weighted by Gasteiger charge is -2.19. The minimum Gasteiger partial charge on any atom is -0.478 e. The van der Waals surface area contributed by atoms with Crippen molar-refractivity contribution in [1.29, 1.82) is 0 Å². The minimum atomic E-state index is -0.0244. The quantitative estimate of drug-likeness (QED) is 0.516. The van der Waals surface area contributed by atoms with E-state index in [1.807, 2.05) is 12.1 Å². The Labute approximate surface area is 132 Å². The predicted octanol–water partition coefficient (Wildman–Crippen LogP) is 3.55. The molecule has 0 spiro atoms. The summed E-state index contributed by atoms with van der Waals surface area (Å²) in [7, 11) is 1.66. The molecule has 1 rings (SSSR count). The van der Waals surface area contributed by atoms with E-state index < -0.39 is 0 Å². The molecule has 1 aromatic heterocycles. The number of nitrogens with zero attached hydrogens (tertiary/aromatic N) is 1. The Morgan fingerprint density at radius 2 is 1.86 bits per heavy atom. The molecular formula is C16H26ClNO3. The van der Waals surface area contributed by atoms with Gasteiger partial charge in [-0.2, -0.15) is 0 Å². The van der Waals surface area contributed by atoms with Gasteiger partial charge in [0.05, 0.1) is 25.5 Å². The molecule has 0 N–H and O–H groups in total. The maximum absolute atomic E-state index is 5.94. The molecule has 0 aliphatic heterocycles. The molecule has 0 atom stereocenters. The van der Waals surface area contributed by atoms with Gasteiger partial charge in [0.2, 0.25) is 5.88 Å². The monoisotopic (exact) mass is 315 g/mol. The van der Waals surface area contributed by atoms with E-state index in [4.69, 9.17) is 25.8 Å². The lowest BCUT2D eigenvalue weighted by Crippen LogP contribution is -2.15. The Morgan fingerprint density at radius 1 is 1.10 bits per heavy atom. The van der Waals surface area contributed by atoms with Crippen LogP contribution >= 0.6 is 11.6 Å². The Kier molecular flexibility index (Phi) is 8.01. The number of aromatic nitrogens is 1. The van der Waals surface area contributed by atoms with Crippen LogP contribution in [0.4, 0.5) is 0 Å². The Balaban J connectivity index is 2.47. The maximum atomic E-state index is 5.94. The number of alkyl halides is 1. The number of methoxy groups -OCH3 is 1. The third-order valence-electron chi connectivity index (χ3n) is 2.90. The summed E-state index contributed by atoms with van der Waals surface area (Å²) < 4.78 is 16.0. The van der Waals surface area contributed by atoms with Crippen LogP contribution in [-0.4, -0.2) is 38.5 Å². The number of pyridine rings is 1. The lowest BCUT2D eigenvalue weighted by atomic mass is 9.91. The molecular weight excluding hydrogens is 290 g/mol. The van der Waals surface area contributed by atoms with Gasteiger partial charge in [-0.05, 0) is 11.6 Å². The fraction of sp³-hybridized carbons (Fsp3) is 0.688. The predicted molar refractivity (Wildman–Crippen MR) is 85.3 cm³/mol. The molecule has 120 valence electrons. The van der Waals surface area contributed by atoms with Crippen molar-refractivity contribution in [3.05, 3.63) is 23.4 Å². The second-order valence-electron chi connectivity index (χ2n) is 5.89. The molecule has 1 heterocycles. The molecule has 0 aromatic carbocycles. The second kappa shape index (κ2) is 9.23. The first-order valence-corrected chi connectivity index (χ1v) is 7.77. The van der Waals surface area contributed by atoms with Gasteiger partial charge in [-0.1, -0.05) is 20.8 Å². The lowest BCUT2D eigenvalue weighted by molar-refractivity contribution is 0.0642. The van der Waals surface area contributed by atoms with Crippen LogP contribution in [0.2, 0.25) is 0 Å². The number of rotatable bonds is 9. The van der Waals surface area contributed by atoms with Crippen LogP contribution in [0.25, 0.3) is 0 Å². The zero-order chi connectivity index (χ0) is 15.7. The standard InChI is InChI=1S/C16H26ClNO3/c1-16(2,3)14-10-13(12-17)11-15(18-14)21-7-5-6-20-9-8-19-4/h10-11H,5-9,12H2,1-4H3. The maximum Gasteiger partial charge on any atom is 0.213 e. The second-order valence-corrected chi connectivity index (χ2v) is 6.16. The van der Waals surface area contributed by atoms with Crippen molar-refractivity contribution in [2.45, 2.75) is 38.5 Å². The van der Waals surface area contributed by atoms with E-state index in [0.717, 1.165) is 17.7 Å². The fourth-order valence-electron chi connectivity index (χ4n) is 1.68. The van der Waals surface area contributed by atoms with Gasteiger partial charge < -0.3 is 14.2 Å². The number of ether oxygens (including phenoxy) is 3. The van der Waals surface area contributed by atoms with E-state index in [1.165, 1.54) is 0 Å². The van der Waals surface area contributed by atoms with Crippen LogP contribution in [0.1, 0.15) is 38.4 Å². The molecule has 1 aromatic rings. The van der Waals surface area contributed by atoms with E-state index in [9.17, 15) is 0 Å². The third kappa shape index (κ3) is 7.11. The van der Waals surface area contributed by atoms with Gasteiger partial charge in [0.15, 0.2) is 0 Å². The first kappa shape index (κ1) is 18.2. The zero-order valence-corrected chi connectivity index (χ0v) is 14.2. The highest BCUT2D eigenvalue weighted by Gasteiger charge is 2.17. The largest absolute Gasteiger partial charge is 0.478 e. The van der Waals surface area contributed by atoms with Gasteiger partial charge in [0, 0.05) is 37.5 Å². The summed E-state index contributed by atoms with van der Waals surface area (Å²) in [5, 5.41) is 0. The average molecular weight is 316 g/mol. The molecule has 0 aliphatic rings. The van der Waals surface area contributed by atoms with Gasteiger partial charge in [-0.25, -0.2) is 4.98 Å². The van der Waals surface area contributed by atoms with Crippen molar-refractivity contribution in [2.24, 2.45) is 0 Å². The molecule has 0 saturated carbocycles. The molecule has 0 unspecified atom stereocenters. The summed E-state index contributed by atoms with van der Waals surface area (Å²) in [5.74, 6) is 1.09. The van der Waals surface area contributed by atoms with Crippen molar-refractivity contribution in [1.82, 2.24) is 4.98 Å². The van der Waals surface area contributed by atoms with Gasteiger partial charge in [0.1, 0.15) is 0 Å². The first-order valence-electron chi connectivity index (χ1n) is 7.24. The zero-order valence-electron chi connectivity index (χ0n) is 13.4. The summed E-state index contributed by atoms with van der Waals surface area (Å²) >= 11 is 5.94. The summed E-state index contributed by atoms with van der Waals surface area (Å²) in [6.07, 6.45) is 0.821. The van der Waals surface area contributed by atoms with Crippen molar-refractivity contribution in [3.63, 3.8) is 0 Å². The van der Waals surface area contributed by atoms with Crippen LogP contribution in [0.3, 0.4) is 0 Å². The van der Waals surface area contributed by atoms with Crippen molar-refractivity contribution < 1.29 is 14.2 Å². The summed E-state index contributed by atoms with van der Waals surface area (Å²) in [4.78, 5) is 4.56. The normalized spacial score (nSPS) is 11.7. The summed E-state index contributed by atoms with van der Waals surface area (Å²) in [5.41, 5.74) is 2.00. The highest BCUT2D eigenvalue weighted by Crippen LogP contribution is 2.25. The smallest absolute Gasteiger partial charge is 0.213 e. The average Bonchev–Trinajstić information content (AvgIpc) is 2.45. The van der Waals surface area contributed by atoms with Gasteiger partial charge >= 0.3 is 0 Å². The molecule has 0 fully saturated rings. The molecule has 4 nitrogen and oxygen atoms in total. The topological polar surface area (TPSA) is 40.6 Å². The molecule has 0 saturated heterocycles. The first-order chi connectivity index (χ1) is 9.97. The number of hydrogen-bond acceptors (Lipinski definition) is 4. The summed E-state index contributed by atoms with van der Waals surface area (Å²) in [6, 6.07) is 3.93. The van der Waals surface area contributed by atoms with E-state index >= 15 is 0 Å². The molecule has 5 heteroatoms. The number of halogens is 1. The van der Waals surface area contributed by atoms with Crippen LogP contribution in [0.5, 0.6) is 5.88 Å². The van der Waals surface area contributed by atoms with E-state index in [1.54, 1.807) is 7.11 Å². The van der Waals surface area contributed by atoms with Gasteiger partial charge in [-0.3, -0.25) is 0 Å². The van der Waals surface area contributed by atoms with Crippen molar-refractivity contribution in [3.8, 4) is 5.88 Å². The number of hydrogen-bond donors (Lipinski definition) is 0. The molecule has 0 radical (unpaired) electrons. The molecule has 0 bridgehead atoms. The highest BCUT2D eigenvalue weighted by molar-refractivity contribution is 6.17. The Morgan fingerprint density at radius 3 is 2.48 bits per heavy atom. The van der Waals surface area contributed by atoms with E-state index in [-0.39, 0.29) is 5.41 Å². The van der Waals surface area contributed by atoms with Crippen molar-refractivity contribution in [2.75, 3.05) is 33.5 Å². The Hall–Kier alpha value is -0.840. The van der Waals surface area contributed by atoms with E-state index in [2.05, 4.69) is 25.8 Å². The summed E-state index contributed by atoms with van der Waals surface area (Å²) in [6.45, 7) is 8.85. The highest BCUT2D eigenvalue weighted by atomic mass is 35.5. The van der Waals surface area contributed by atoms with E-state index in [0.29, 0.717) is 38.2 Å². The Bertz CT molecular complexity index is 418. The fourth-order valence-corrected chi connectivity index (χ4v) is 1.83. The van der Waals surface area contributed by atoms with Crippen LogP contribution in [0, 0.1) is 0 Å². The van der Waals surface area contributed by atoms with Gasteiger partial charge in [-0.15, -0.1) is 11.6 Å². The molecule has 0 amide bonds. The van der Waals surface area contributed by atoms with Crippen LogP contribution in [0.15, 0.2) is 12.1 Å². The minimum absolute atomic E-state index is 0.0244.